The second-order valence-electron chi connectivity index (χ2n) is 3.09. The van der Waals surface area contributed by atoms with E-state index in [4.69, 9.17) is 0 Å². The van der Waals surface area contributed by atoms with Crippen LogP contribution in [-0.4, -0.2) is 22.7 Å². The van der Waals surface area contributed by atoms with Crippen molar-refractivity contribution in [2.75, 3.05) is 0 Å². The number of hydrogen-bond acceptors (Lipinski definition) is 5. The van der Waals surface area contributed by atoms with Gasteiger partial charge in [-0.2, -0.15) is 0 Å². The van der Waals surface area contributed by atoms with Gasteiger partial charge in [0, 0.05) is 13.8 Å². The Hall–Kier alpha value is -0.430. The molecule has 0 rings (SSSR count). The molecule has 0 bridgehead atoms. The minimum absolute atomic E-state index is 0.160. The molecule has 0 aromatic carbocycles. The van der Waals surface area contributed by atoms with Crippen LogP contribution < -0.4 is 0 Å². The van der Waals surface area contributed by atoms with Crippen molar-refractivity contribution in [1.82, 2.24) is 0 Å². The average Bonchev–Trinajstić information content (AvgIpc) is 2.36. The molecule has 0 aliphatic carbocycles. The van der Waals surface area contributed by atoms with Crippen molar-refractivity contribution >= 4 is 50.1 Å². The Bertz CT molecular complexity index is 245. The molecule has 0 radical (unpaired) electrons. The van der Waals surface area contributed by atoms with Crippen molar-refractivity contribution in [3.63, 3.8) is 0 Å². The van der Waals surface area contributed by atoms with Gasteiger partial charge in [0.25, 0.3) is 0 Å². The molecule has 0 fully saturated rings. The fourth-order valence-corrected chi connectivity index (χ4v) is 1.65. The van der Waals surface area contributed by atoms with Gasteiger partial charge in [0.15, 0.2) is 16.3 Å². The van der Waals surface area contributed by atoms with Gasteiger partial charge in [0.2, 0.25) is 0 Å². The summed E-state index contributed by atoms with van der Waals surface area (Å²) in [6.07, 6.45) is 2.97. The molecule has 114 valence electrons. The third-order valence-corrected chi connectivity index (χ3v) is 2.58. The maximum Gasteiger partial charge on any atom is 0.331 e. The Labute approximate surface area is 132 Å². The van der Waals surface area contributed by atoms with Crippen molar-refractivity contribution in [3.8, 4) is 0 Å². The van der Waals surface area contributed by atoms with Crippen LogP contribution in [0.25, 0.3) is 0 Å². The van der Waals surface area contributed by atoms with Crippen molar-refractivity contribution in [2.24, 2.45) is 0 Å². The topological polar surface area (TPSA) is 69.7 Å². The molecule has 1 atom stereocenters. The molecule has 0 saturated carbocycles. The van der Waals surface area contributed by atoms with Crippen LogP contribution in [0, 0.1) is 0 Å². The average molecular weight is 406 g/mol. The molecule has 19 heavy (non-hydrogen) atoms. The summed E-state index contributed by atoms with van der Waals surface area (Å²) in [4.78, 5) is 30.2. The first-order valence-corrected chi connectivity index (χ1v) is 7.56. The number of ether oxygens (including phenoxy) is 1. The van der Waals surface area contributed by atoms with Gasteiger partial charge in [-0.25, -0.2) is 4.79 Å². The zero-order valence-electron chi connectivity index (χ0n) is 12.0. The van der Waals surface area contributed by atoms with Crippen LogP contribution in [0.15, 0.2) is 0 Å². The van der Waals surface area contributed by atoms with Crippen LogP contribution in [0.3, 0.4) is 0 Å². The molecule has 0 spiro atoms. The highest BCUT2D eigenvalue weighted by Crippen LogP contribution is 2.12. The van der Waals surface area contributed by atoms with E-state index in [1.54, 1.807) is 0 Å². The lowest BCUT2D eigenvalue weighted by Gasteiger charge is -2.03. The first-order chi connectivity index (χ1) is 8.84. The number of carbonyl (C=O) groups is 3. The van der Waals surface area contributed by atoms with Crippen molar-refractivity contribution in [2.45, 2.75) is 58.7 Å². The van der Waals surface area contributed by atoms with Gasteiger partial charge in [0.1, 0.15) is 4.83 Å². The lowest BCUT2D eigenvalue weighted by molar-refractivity contribution is -0.156. The number of esters is 2. The Morgan fingerprint density at radius 3 is 1.74 bits per heavy atom. The molecule has 7 heteroatoms. The van der Waals surface area contributed by atoms with Crippen LogP contribution in [-0.2, 0) is 22.9 Å². The minimum Gasteiger partial charge on any atom is -0.394 e. The highest BCUT2D eigenvalue weighted by molar-refractivity contribution is 9.10. The first-order valence-electron chi connectivity index (χ1n) is 6.00. The monoisotopic (exact) mass is 404 g/mol. The quantitative estimate of drug-likeness (QED) is 0.402. The Balaban J connectivity index is -0.000000249. The summed E-state index contributed by atoms with van der Waals surface area (Å²) in [5.41, 5.74) is 0. The van der Waals surface area contributed by atoms with Gasteiger partial charge in [-0.05, 0) is 6.42 Å². The summed E-state index contributed by atoms with van der Waals surface area (Å²) < 4.78 is 8.31. The predicted molar refractivity (Wildman–Crippen MR) is 81.1 cm³/mol. The smallest absolute Gasteiger partial charge is 0.331 e. The highest BCUT2D eigenvalue weighted by atomic mass is 79.9. The fourth-order valence-electron chi connectivity index (χ4n) is 0.752. The first kappa shape index (κ1) is 23.6. The lowest BCUT2D eigenvalue weighted by atomic mass is 10.2. The third kappa shape index (κ3) is 23.1. The van der Waals surface area contributed by atoms with E-state index in [2.05, 4.69) is 47.7 Å². The Kier molecular flexibility index (Phi) is 21.9. The van der Waals surface area contributed by atoms with Gasteiger partial charge in [-0.15, -0.1) is 0 Å². The largest absolute Gasteiger partial charge is 0.394 e. The lowest BCUT2D eigenvalue weighted by Crippen LogP contribution is -2.12. The maximum atomic E-state index is 10.7. The Morgan fingerprint density at radius 2 is 1.53 bits per heavy atom. The van der Waals surface area contributed by atoms with Crippen LogP contribution in [0.5, 0.6) is 0 Å². The molecule has 0 aliphatic rings. The van der Waals surface area contributed by atoms with Crippen LogP contribution in [0.2, 0.25) is 0 Å². The van der Waals surface area contributed by atoms with E-state index in [-0.39, 0.29) is 10.8 Å². The van der Waals surface area contributed by atoms with Gasteiger partial charge in [-0.1, -0.05) is 49.5 Å². The molecular weight excluding hydrogens is 384 g/mol. The third-order valence-electron chi connectivity index (χ3n) is 1.43. The molecule has 5 nitrogen and oxygen atoms in total. The Morgan fingerprint density at radius 1 is 1.11 bits per heavy atom. The molecule has 0 aromatic rings. The number of hydrogen-bond donors (Lipinski definition) is 0. The number of halogens is 2. The van der Waals surface area contributed by atoms with Crippen molar-refractivity contribution in [3.05, 3.63) is 0 Å². The van der Waals surface area contributed by atoms with Crippen molar-refractivity contribution < 1.29 is 22.9 Å². The SMILES string of the molecule is CC.CC(=O)OC(C)=O.CCCCC(Br)C(=O)OBr. The number of unbranched alkanes of at least 4 members (excludes halogenated alkanes) is 1. The van der Waals surface area contributed by atoms with Crippen LogP contribution in [0.1, 0.15) is 53.9 Å². The molecule has 1 unspecified atom stereocenters. The van der Waals surface area contributed by atoms with E-state index < -0.39 is 11.9 Å². The summed E-state index contributed by atoms with van der Waals surface area (Å²) in [6.45, 7) is 8.45. The number of alkyl halides is 1. The standard InChI is InChI=1S/C6H10Br2O2.C4H6O3.C2H6/c1-2-3-4-5(7)6(9)10-8;1-3(5)7-4(2)6;1-2/h5H,2-4H2,1H3;1-2H3;1-2H3. The molecular formula is C12H22Br2O5. The second kappa shape index (κ2) is 17.6. The van der Waals surface area contributed by atoms with E-state index >= 15 is 0 Å². The highest BCUT2D eigenvalue weighted by Gasteiger charge is 2.14. The van der Waals surface area contributed by atoms with E-state index in [0.29, 0.717) is 0 Å². The molecule has 0 aromatic heterocycles. The predicted octanol–water partition coefficient (Wildman–Crippen LogP) is 3.92. The fraction of sp³-hybridized carbons (Fsp3) is 0.750. The molecule has 0 saturated heterocycles. The van der Waals surface area contributed by atoms with Crippen LogP contribution in [0.4, 0.5) is 0 Å². The van der Waals surface area contributed by atoms with E-state index in [1.165, 1.54) is 13.8 Å². The van der Waals surface area contributed by atoms with E-state index in [0.717, 1.165) is 19.3 Å². The van der Waals surface area contributed by atoms with Gasteiger partial charge >= 0.3 is 17.9 Å². The van der Waals surface area contributed by atoms with Gasteiger partial charge in [-0.3, -0.25) is 9.59 Å². The minimum atomic E-state index is -0.562. The van der Waals surface area contributed by atoms with E-state index in [1.807, 2.05) is 13.8 Å². The zero-order valence-corrected chi connectivity index (χ0v) is 15.2. The van der Waals surface area contributed by atoms with E-state index in [9.17, 15) is 14.4 Å². The molecule has 0 aliphatic heterocycles. The van der Waals surface area contributed by atoms with Crippen molar-refractivity contribution in [1.29, 1.82) is 0 Å². The zero-order chi connectivity index (χ0) is 15.8. The van der Waals surface area contributed by atoms with Gasteiger partial charge in [0.05, 0.1) is 0 Å². The molecule has 0 amide bonds. The maximum absolute atomic E-state index is 10.7. The number of carbonyl (C=O) groups excluding carboxylic acids is 3. The molecule has 0 N–H and O–H groups in total. The summed E-state index contributed by atoms with van der Waals surface area (Å²) in [5.74, 6) is -1.38. The van der Waals surface area contributed by atoms with Gasteiger partial charge < -0.3 is 8.57 Å². The summed E-state index contributed by atoms with van der Waals surface area (Å²) in [7, 11) is 0. The second-order valence-corrected chi connectivity index (χ2v) is 4.52. The summed E-state index contributed by atoms with van der Waals surface area (Å²) in [5, 5.41) is 0. The molecule has 0 heterocycles. The normalized spacial score (nSPS) is 9.84. The number of rotatable bonds is 4. The van der Waals surface area contributed by atoms with Crippen LogP contribution >= 0.6 is 32.2 Å². The summed E-state index contributed by atoms with van der Waals surface area (Å²) in [6, 6.07) is 0. The summed E-state index contributed by atoms with van der Waals surface area (Å²) >= 11 is 5.83.